The van der Waals surface area contributed by atoms with Crippen LogP contribution in [0.25, 0.3) is 0 Å². The maximum Gasteiger partial charge on any atom is 0.225 e. The number of carbonyl (C=O) groups excluding carboxylic acids is 1. The third kappa shape index (κ3) is 3.61. The molecule has 0 atom stereocenters. The molecule has 4 heteroatoms. The van der Waals surface area contributed by atoms with Gasteiger partial charge in [0.2, 0.25) is 5.91 Å². The lowest BCUT2D eigenvalue weighted by Gasteiger charge is -2.33. The van der Waals surface area contributed by atoms with E-state index >= 15 is 0 Å². The molecule has 2 heterocycles. The van der Waals surface area contributed by atoms with Crippen LogP contribution < -0.4 is 4.74 Å². The summed E-state index contributed by atoms with van der Waals surface area (Å²) in [6.07, 6.45) is 4.38. The van der Waals surface area contributed by atoms with Crippen LogP contribution in [0.3, 0.4) is 0 Å². The number of piperidine rings is 1. The van der Waals surface area contributed by atoms with Gasteiger partial charge in [0, 0.05) is 25.6 Å². The third-order valence-corrected chi connectivity index (χ3v) is 4.92. The van der Waals surface area contributed by atoms with Gasteiger partial charge < -0.3 is 9.64 Å². The van der Waals surface area contributed by atoms with Crippen LogP contribution in [-0.2, 0) is 11.3 Å². The Bertz CT molecular complexity index is 486. The molecule has 120 valence electrons. The first-order valence-electron chi connectivity index (χ1n) is 8.40. The van der Waals surface area contributed by atoms with Crippen molar-refractivity contribution < 1.29 is 9.53 Å². The van der Waals surface area contributed by atoms with Crippen LogP contribution in [0.5, 0.6) is 5.75 Å². The number of amides is 1. The smallest absolute Gasteiger partial charge is 0.225 e. The topological polar surface area (TPSA) is 32.8 Å². The Morgan fingerprint density at radius 1 is 1.09 bits per heavy atom. The van der Waals surface area contributed by atoms with Crippen molar-refractivity contribution in [3.8, 4) is 5.75 Å². The van der Waals surface area contributed by atoms with Crippen LogP contribution in [0.4, 0.5) is 0 Å². The number of methoxy groups -OCH3 is 1. The van der Waals surface area contributed by atoms with E-state index in [9.17, 15) is 4.79 Å². The maximum atomic E-state index is 12.4. The lowest BCUT2D eigenvalue weighted by molar-refractivity contribution is -0.136. The van der Waals surface area contributed by atoms with Crippen LogP contribution >= 0.6 is 0 Å². The van der Waals surface area contributed by atoms with Crippen LogP contribution in [0.15, 0.2) is 24.3 Å². The number of hydrogen-bond donors (Lipinski definition) is 0. The average Bonchev–Trinajstić information content (AvgIpc) is 3.10. The molecule has 1 amide bonds. The summed E-state index contributed by atoms with van der Waals surface area (Å²) >= 11 is 0. The normalized spacial score (nSPS) is 20.3. The van der Waals surface area contributed by atoms with Crippen molar-refractivity contribution in [3.63, 3.8) is 0 Å². The zero-order chi connectivity index (χ0) is 15.4. The Kier molecular flexibility index (Phi) is 4.98. The van der Waals surface area contributed by atoms with Gasteiger partial charge in [-0.25, -0.2) is 0 Å². The number of hydrogen-bond acceptors (Lipinski definition) is 3. The zero-order valence-corrected chi connectivity index (χ0v) is 13.5. The van der Waals surface area contributed by atoms with E-state index in [2.05, 4.69) is 21.9 Å². The van der Waals surface area contributed by atoms with Crippen LogP contribution in [-0.4, -0.2) is 49.0 Å². The molecule has 1 aromatic rings. The number of likely N-dealkylation sites (tertiary alicyclic amines) is 2. The summed E-state index contributed by atoms with van der Waals surface area (Å²) in [5.41, 5.74) is 1.31. The van der Waals surface area contributed by atoms with E-state index < -0.39 is 0 Å². The summed E-state index contributed by atoms with van der Waals surface area (Å²) < 4.78 is 5.19. The molecule has 0 spiro atoms. The predicted molar refractivity (Wildman–Crippen MR) is 86.8 cm³/mol. The molecule has 2 aliphatic heterocycles. The van der Waals surface area contributed by atoms with Gasteiger partial charge in [0.25, 0.3) is 0 Å². The Morgan fingerprint density at radius 2 is 1.73 bits per heavy atom. The quantitative estimate of drug-likeness (QED) is 0.857. The van der Waals surface area contributed by atoms with Gasteiger partial charge in [-0.15, -0.1) is 0 Å². The molecule has 0 radical (unpaired) electrons. The van der Waals surface area contributed by atoms with Gasteiger partial charge in [-0.05, 0) is 56.5 Å². The van der Waals surface area contributed by atoms with E-state index in [1.165, 1.54) is 18.4 Å². The zero-order valence-electron chi connectivity index (χ0n) is 13.5. The minimum Gasteiger partial charge on any atom is -0.497 e. The maximum absolute atomic E-state index is 12.4. The van der Waals surface area contributed by atoms with Crippen LogP contribution in [0.2, 0.25) is 0 Å². The van der Waals surface area contributed by atoms with E-state index in [0.717, 1.165) is 51.3 Å². The van der Waals surface area contributed by atoms with Crippen molar-refractivity contribution in [1.82, 2.24) is 9.80 Å². The van der Waals surface area contributed by atoms with E-state index in [0.29, 0.717) is 5.91 Å². The van der Waals surface area contributed by atoms with E-state index in [4.69, 9.17) is 4.74 Å². The molecule has 3 rings (SSSR count). The molecule has 0 unspecified atom stereocenters. The Balaban J connectivity index is 1.47. The highest BCUT2D eigenvalue weighted by molar-refractivity contribution is 5.79. The molecule has 1 aromatic carbocycles. The number of carbonyl (C=O) groups is 1. The summed E-state index contributed by atoms with van der Waals surface area (Å²) in [4.78, 5) is 17.0. The van der Waals surface area contributed by atoms with Gasteiger partial charge in [-0.2, -0.15) is 0 Å². The van der Waals surface area contributed by atoms with Crippen molar-refractivity contribution in [2.75, 3.05) is 33.3 Å². The Morgan fingerprint density at radius 3 is 2.32 bits per heavy atom. The molecular weight excluding hydrogens is 276 g/mol. The molecule has 0 saturated carbocycles. The fraction of sp³-hybridized carbons (Fsp3) is 0.611. The standard InChI is InChI=1S/C18H26N2O2/c1-22-17-6-4-15(5-7-17)14-19-12-8-16(9-13-19)18(21)20-10-2-3-11-20/h4-7,16H,2-3,8-14H2,1H3. The summed E-state index contributed by atoms with van der Waals surface area (Å²) in [5.74, 6) is 1.56. The molecule has 22 heavy (non-hydrogen) atoms. The predicted octanol–water partition coefficient (Wildman–Crippen LogP) is 2.53. The van der Waals surface area contributed by atoms with Crippen molar-refractivity contribution in [2.45, 2.75) is 32.2 Å². The fourth-order valence-corrected chi connectivity index (χ4v) is 3.52. The van der Waals surface area contributed by atoms with Gasteiger partial charge in [0.15, 0.2) is 0 Å². The third-order valence-electron chi connectivity index (χ3n) is 4.92. The molecule has 0 bridgehead atoms. The van der Waals surface area contributed by atoms with Gasteiger partial charge in [0.1, 0.15) is 5.75 Å². The number of ether oxygens (including phenoxy) is 1. The lowest BCUT2D eigenvalue weighted by atomic mass is 9.95. The molecule has 0 aromatic heterocycles. The van der Waals surface area contributed by atoms with Gasteiger partial charge in [-0.3, -0.25) is 9.69 Å². The Labute approximate surface area is 133 Å². The first-order valence-corrected chi connectivity index (χ1v) is 8.40. The lowest BCUT2D eigenvalue weighted by Crippen LogP contribution is -2.41. The van der Waals surface area contributed by atoms with Crippen LogP contribution in [0, 0.1) is 5.92 Å². The average molecular weight is 302 g/mol. The van der Waals surface area contributed by atoms with E-state index in [-0.39, 0.29) is 5.92 Å². The second kappa shape index (κ2) is 7.14. The summed E-state index contributed by atoms with van der Waals surface area (Å²) in [6, 6.07) is 8.28. The molecule has 0 N–H and O–H groups in total. The van der Waals surface area contributed by atoms with Gasteiger partial charge >= 0.3 is 0 Å². The highest BCUT2D eigenvalue weighted by Crippen LogP contribution is 2.23. The summed E-state index contributed by atoms with van der Waals surface area (Å²) in [7, 11) is 1.69. The van der Waals surface area contributed by atoms with Gasteiger partial charge in [-0.1, -0.05) is 12.1 Å². The SMILES string of the molecule is COc1ccc(CN2CCC(C(=O)N3CCCC3)CC2)cc1. The highest BCUT2D eigenvalue weighted by Gasteiger charge is 2.29. The minimum absolute atomic E-state index is 0.255. The second-order valence-corrected chi connectivity index (χ2v) is 6.43. The Hall–Kier alpha value is -1.55. The number of benzene rings is 1. The van der Waals surface area contributed by atoms with Crippen molar-refractivity contribution in [3.05, 3.63) is 29.8 Å². The van der Waals surface area contributed by atoms with Crippen molar-refractivity contribution in [1.29, 1.82) is 0 Å². The first kappa shape index (κ1) is 15.3. The van der Waals surface area contributed by atoms with Crippen LogP contribution in [0.1, 0.15) is 31.2 Å². The largest absolute Gasteiger partial charge is 0.497 e. The summed E-state index contributed by atoms with van der Waals surface area (Å²) in [6.45, 7) is 4.97. The highest BCUT2D eigenvalue weighted by atomic mass is 16.5. The molecule has 2 fully saturated rings. The molecule has 2 saturated heterocycles. The van der Waals surface area contributed by atoms with E-state index in [1.54, 1.807) is 7.11 Å². The first-order chi connectivity index (χ1) is 10.8. The fourth-order valence-electron chi connectivity index (χ4n) is 3.52. The van der Waals surface area contributed by atoms with Crippen molar-refractivity contribution in [2.24, 2.45) is 5.92 Å². The molecular formula is C18H26N2O2. The molecule has 2 aliphatic rings. The molecule has 4 nitrogen and oxygen atoms in total. The number of rotatable bonds is 4. The van der Waals surface area contributed by atoms with Gasteiger partial charge in [0.05, 0.1) is 7.11 Å². The van der Waals surface area contributed by atoms with E-state index in [1.807, 2.05) is 12.1 Å². The minimum atomic E-state index is 0.255. The summed E-state index contributed by atoms with van der Waals surface area (Å²) in [5, 5.41) is 0. The monoisotopic (exact) mass is 302 g/mol. The second-order valence-electron chi connectivity index (χ2n) is 6.43. The molecule has 0 aliphatic carbocycles. The van der Waals surface area contributed by atoms with Crippen molar-refractivity contribution >= 4 is 5.91 Å². The number of nitrogens with zero attached hydrogens (tertiary/aromatic N) is 2.